The molecule has 0 spiro atoms. The van der Waals surface area contributed by atoms with Crippen molar-refractivity contribution in [1.29, 1.82) is 0 Å². The number of hydrogen-bond donors (Lipinski definition) is 0. The van der Waals surface area contributed by atoms with Gasteiger partial charge in [0.15, 0.2) is 0 Å². The molecule has 0 aromatic heterocycles. The molecule has 68 valence electrons. The van der Waals surface area contributed by atoms with E-state index in [1.54, 1.807) is 0 Å². The van der Waals surface area contributed by atoms with E-state index in [0.717, 1.165) is 0 Å². The van der Waals surface area contributed by atoms with Crippen LogP contribution < -0.4 is 0 Å². The van der Waals surface area contributed by atoms with Crippen LogP contribution in [0, 0.1) is 0 Å². The summed E-state index contributed by atoms with van der Waals surface area (Å²) in [5, 5.41) is 0. The van der Waals surface area contributed by atoms with Gasteiger partial charge in [0.05, 0.1) is 0 Å². The minimum Gasteiger partial charge on any atom is -0.0879 e. The highest BCUT2D eigenvalue weighted by Gasteiger charge is 2.10. The van der Waals surface area contributed by atoms with Crippen LogP contribution in [0.25, 0.3) is 0 Å². The van der Waals surface area contributed by atoms with Gasteiger partial charge in [0.25, 0.3) is 0 Å². The van der Waals surface area contributed by atoms with Gasteiger partial charge in [-0.15, -0.1) is 0 Å². The minimum absolute atomic E-state index is 0.645. The normalized spacial score (nSPS) is 21.8. The standard InChI is InChI=1S/C12H13Br/c13-12-8-4-7-11(9-12)10-5-2-1-3-6-10/h2,4-5,7-10H,1,3,6H2. The van der Waals surface area contributed by atoms with Crippen molar-refractivity contribution in [2.24, 2.45) is 0 Å². The van der Waals surface area contributed by atoms with Crippen LogP contribution in [-0.2, 0) is 0 Å². The summed E-state index contributed by atoms with van der Waals surface area (Å²) in [6, 6.07) is 8.63. The Morgan fingerprint density at radius 2 is 2.23 bits per heavy atom. The molecule has 1 aliphatic rings. The number of benzene rings is 1. The van der Waals surface area contributed by atoms with Crippen molar-refractivity contribution < 1.29 is 0 Å². The van der Waals surface area contributed by atoms with E-state index >= 15 is 0 Å². The summed E-state index contributed by atoms with van der Waals surface area (Å²) in [5.41, 5.74) is 1.44. The zero-order valence-electron chi connectivity index (χ0n) is 7.54. The van der Waals surface area contributed by atoms with Crippen molar-refractivity contribution in [2.45, 2.75) is 25.2 Å². The van der Waals surface area contributed by atoms with E-state index in [0.29, 0.717) is 5.92 Å². The molecule has 0 aliphatic heterocycles. The van der Waals surface area contributed by atoms with Gasteiger partial charge in [-0.3, -0.25) is 0 Å². The highest BCUT2D eigenvalue weighted by Crippen LogP contribution is 2.28. The predicted molar refractivity (Wildman–Crippen MR) is 59.9 cm³/mol. The Balaban J connectivity index is 2.24. The fourth-order valence-corrected chi connectivity index (χ4v) is 2.24. The lowest BCUT2D eigenvalue weighted by Crippen LogP contribution is -1.98. The molecule has 0 saturated heterocycles. The van der Waals surface area contributed by atoms with E-state index in [1.165, 1.54) is 29.3 Å². The molecule has 1 heteroatoms. The van der Waals surface area contributed by atoms with Crippen molar-refractivity contribution in [1.82, 2.24) is 0 Å². The van der Waals surface area contributed by atoms with E-state index in [2.05, 4.69) is 52.3 Å². The average Bonchev–Trinajstić information content (AvgIpc) is 2.19. The van der Waals surface area contributed by atoms with Gasteiger partial charge in [0.2, 0.25) is 0 Å². The lowest BCUT2D eigenvalue weighted by Gasteiger charge is -2.16. The molecule has 1 unspecified atom stereocenters. The van der Waals surface area contributed by atoms with Crippen LogP contribution in [0.3, 0.4) is 0 Å². The van der Waals surface area contributed by atoms with Crippen LogP contribution >= 0.6 is 15.9 Å². The van der Waals surface area contributed by atoms with Gasteiger partial charge in [-0.2, -0.15) is 0 Å². The Kier molecular flexibility index (Phi) is 2.84. The van der Waals surface area contributed by atoms with Crippen LogP contribution in [0.4, 0.5) is 0 Å². The van der Waals surface area contributed by atoms with Crippen molar-refractivity contribution in [3.8, 4) is 0 Å². The molecule has 0 bridgehead atoms. The molecule has 1 aromatic carbocycles. The molecule has 2 rings (SSSR count). The summed E-state index contributed by atoms with van der Waals surface area (Å²) >= 11 is 3.50. The molecule has 1 aliphatic carbocycles. The highest BCUT2D eigenvalue weighted by atomic mass is 79.9. The lowest BCUT2D eigenvalue weighted by atomic mass is 9.89. The summed E-state index contributed by atoms with van der Waals surface area (Å²) in [6.45, 7) is 0. The van der Waals surface area contributed by atoms with Crippen molar-refractivity contribution in [3.63, 3.8) is 0 Å². The molecule has 1 aromatic rings. The van der Waals surface area contributed by atoms with Crippen molar-refractivity contribution in [2.75, 3.05) is 0 Å². The second kappa shape index (κ2) is 4.10. The third-order valence-electron chi connectivity index (χ3n) is 2.53. The maximum atomic E-state index is 3.50. The number of rotatable bonds is 1. The fourth-order valence-electron chi connectivity index (χ4n) is 1.83. The number of allylic oxidation sites excluding steroid dienone is 2. The van der Waals surface area contributed by atoms with Gasteiger partial charge in [-0.1, -0.05) is 40.2 Å². The van der Waals surface area contributed by atoms with E-state index in [9.17, 15) is 0 Å². The first-order valence-corrected chi connectivity index (χ1v) is 5.58. The topological polar surface area (TPSA) is 0 Å². The predicted octanol–water partition coefficient (Wildman–Crippen LogP) is 4.27. The van der Waals surface area contributed by atoms with E-state index in [1.807, 2.05) is 0 Å². The summed E-state index contributed by atoms with van der Waals surface area (Å²) < 4.78 is 1.18. The van der Waals surface area contributed by atoms with Crippen LogP contribution in [0.1, 0.15) is 30.7 Å². The van der Waals surface area contributed by atoms with Gasteiger partial charge in [-0.05, 0) is 37.0 Å². The van der Waals surface area contributed by atoms with Gasteiger partial charge >= 0.3 is 0 Å². The monoisotopic (exact) mass is 236 g/mol. The second-order valence-corrected chi connectivity index (χ2v) is 4.44. The Morgan fingerprint density at radius 3 is 2.92 bits per heavy atom. The quantitative estimate of drug-likeness (QED) is 0.639. The molecule has 0 amide bonds. The van der Waals surface area contributed by atoms with Crippen molar-refractivity contribution in [3.05, 3.63) is 46.5 Å². The van der Waals surface area contributed by atoms with Gasteiger partial charge in [0, 0.05) is 10.4 Å². The lowest BCUT2D eigenvalue weighted by molar-refractivity contribution is 0.654. The summed E-state index contributed by atoms with van der Waals surface area (Å²) in [4.78, 5) is 0. The molecule has 0 saturated carbocycles. The van der Waals surface area contributed by atoms with Gasteiger partial charge in [0.1, 0.15) is 0 Å². The maximum absolute atomic E-state index is 3.50. The molecule has 0 nitrogen and oxygen atoms in total. The third-order valence-corrected chi connectivity index (χ3v) is 3.02. The SMILES string of the molecule is Brc1cccc(C2C=CCCC2)c1. The Labute approximate surface area is 87.8 Å². The maximum Gasteiger partial charge on any atom is 0.0178 e. The zero-order valence-corrected chi connectivity index (χ0v) is 9.13. The first kappa shape index (κ1) is 9.01. The first-order valence-electron chi connectivity index (χ1n) is 4.78. The molecular weight excluding hydrogens is 224 g/mol. The van der Waals surface area contributed by atoms with Crippen molar-refractivity contribution >= 4 is 15.9 Å². The number of halogens is 1. The molecule has 0 radical (unpaired) electrons. The molecule has 0 fully saturated rings. The van der Waals surface area contributed by atoms with Crippen LogP contribution in [-0.4, -0.2) is 0 Å². The molecule has 13 heavy (non-hydrogen) atoms. The van der Waals surface area contributed by atoms with Gasteiger partial charge < -0.3 is 0 Å². The fraction of sp³-hybridized carbons (Fsp3) is 0.333. The second-order valence-electron chi connectivity index (χ2n) is 3.52. The van der Waals surface area contributed by atoms with Crippen LogP contribution in [0.15, 0.2) is 40.9 Å². The minimum atomic E-state index is 0.645. The highest BCUT2D eigenvalue weighted by molar-refractivity contribution is 9.10. The molecular formula is C12H13Br. The largest absolute Gasteiger partial charge is 0.0879 e. The van der Waals surface area contributed by atoms with Crippen LogP contribution in [0.2, 0.25) is 0 Å². The van der Waals surface area contributed by atoms with E-state index in [4.69, 9.17) is 0 Å². The summed E-state index contributed by atoms with van der Waals surface area (Å²) in [5.74, 6) is 0.645. The first-order chi connectivity index (χ1) is 6.36. The molecule has 0 N–H and O–H groups in total. The van der Waals surface area contributed by atoms with E-state index in [-0.39, 0.29) is 0 Å². The number of hydrogen-bond acceptors (Lipinski definition) is 0. The Bertz CT molecular complexity index is 315. The summed E-state index contributed by atoms with van der Waals surface area (Å²) in [7, 11) is 0. The Morgan fingerprint density at radius 1 is 1.31 bits per heavy atom. The smallest absolute Gasteiger partial charge is 0.0178 e. The molecule has 0 heterocycles. The van der Waals surface area contributed by atoms with Gasteiger partial charge in [-0.25, -0.2) is 0 Å². The third kappa shape index (κ3) is 2.22. The summed E-state index contributed by atoms with van der Waals surface area (Å²) in [6.07, 6.45) is 8.52. The van der Waals surface area contributed by atoms with E-state index < -0.39 is 0 Å². The van der Waals surface area contributed by atoms with Crippen LogP contribution in [0.5, 0.6) is 0 Å². The Hall–Kier alpha value is -0.560. The molecule has 1 atom stereocenters. The zero-order chi connectivity index (χ0) is 9.10. The average molecular weight is 237 g/mol.